The first-order valence-corrected chi connectivity index (χ1v) is 8.46. The van der Waals surface area contributed by atoms with Gasteiger partial charge in [-0.25, -0.2) is 13.5 Å². The zero-order valence-corrected chi connectivity index (χ0v) is 14.0. The molecule has 5 nitrogen and oxygen atoms in total. The fourth-order valence-corrected chi connectivity index (χ4v) is 3.45. The van der Waals surface area contributed by atoms with Gasteiger partial charge in [0.2, 0.25) is 0 Å². The van der Waals surface area contributed by atoms with Crippen LogP contribution in [-0.2, 0) is 5.67 Å². The predicted octanol–water partition coefficient (Wildman–Crippen LogP) is 2.81. The lowest BCUT2D eigenvalue weighted by molar-refractivity contribution is 0.100. The lowest BCUT2D eigenvalue weighted by Gasteiger charge is -2.30. The zero-order chi connectivity index (χ0) is 18.3. The lowest BCUT2D eigenvalue weighted by Crippen LogP contribution is -2.40. The summed E-state index contributed by atoms with van der Waals surface area (Å²) in [7, 11) is 0. The number of nitrogens with zero attached hydrogens (tertiary/aromatic N) is 2. The minimum Gasteiger partial charge on any atom is -0.366 e. The quantitative estimate of drug-likeness (QED) is 0.758. The molecule has 2 aromatic carbocycles. The molecule has 2 heterocycles. The van der Waals surface area contributed by atoms with Gasteiger partial charge in [-0.2, -0.15) is 5.10 Å². The third-order valence-electron chi connectivity index (χ3n) is 4.85. The molecule has 1 aliphatic heterocycles. The molecule has 7 heteroatoms. The van der Waals surface area contributed by atoms with Crippen molar-refractivity contribution in [3.63, 3.8) is 0 Å². The van der Waals surface area contributed by atoms with Crippen LogP contribution in [0.15, 0.2) is 42.6 Å². The highest BCUT2D eigenvalue weighted by Gasteiger charge is 2.34. The van der Waals surface area contributed by atoms with Gasteiger partial charge in [-0.05, 0) is 43.1 Å². The van der Waals surface area contributed by atoms with Crippen LogP contribution in [0.3, 0.4) is 0 Å². The molecule has 0 spiro atoms. The lowest BCUT2D eigenvalue weighted by atomic mass is 9.88. The van der Waals surface area contributed by atoms with Gasteiger partial charge in [-0.3, -0.25) is 4.79 Å². The highest BCUT2D eigenvalue weighted by molar-refractivity contribution is 6.04. The molecule has 26 heavy (non-hydrogen) atoms. The smallest absolute Gasteiger partial charge is 0.250 e. The number of fused-ring (bicyclic) bond motifs is 1. The fraction of sp³-hybridized carbons (Fsp3) is 0.263. The molecule has 4 rings (SSSR count). The van der Waals surface area contributed by atoms with Crippen LogP contribution in [0.25, 0.3) is 16.6 Å². The molecule has 134 valence electrons. The molecular weight excluding hydrogens is 338 g/mol. The molecule has 1 aromatic heterocycles. The SMILES string of the molecule is NC(=O)c1cccc2cn(-c3ccc(C4(F)CCCNC4)cc3F)nc12. The first kappa shape index (κ1) is 16.7. The zero-order valence-electron chi connectivity index (χ0n) is 14.0. The molecule has 0 bridgehead atoms. The summed E-state index contributed by atoms with van der Waals surface area (Å²) in [5.74, 6) is -1.17. The second-order valence-corrected chi connectivity index (χ2v) is 6.59. The monoisotopic (exact) mass is 356 g/mol. The number of primary amides is 1. The van der Waals surface area contributed by atoms with Crippen LogP contribution in [0.1, 0.15) is 28.8 Å². The summed E-state index contributed by atoms with van der Waals surface area (Å²) in [5, 5.41) is 7.98. The van der Waals surface area contributed by atoms with Gasteiger partial charge < -0.3 is 11.1 Å². The number of alkyl halides is 1. The van der Waals surface area contributed by atoms with E-state index in [1.54, 1.807) is 30.5 Å². The van der Waals surface area contributed by atoms with E-state index in [0.717, 1.165) is 6.54 Å². The Morgan fingerprint density at radius 1 is 1.31 bits per heavy atom. The summed E-state index contributed by atoms with van der Waals surface area (Å²) in [4.78, 5) is 11.5. The van der Waals surface area contributed by atoms with E-state index in [4.69, 9.17) is 5.73 Å². The first-order chi connectivity index (χ1) is 12.5. The Bertz CT molecular complexity index is 992. The van der Waals surface area contributed by atoms with E-state index in [1.165, 1.54) is 16.8 Å². The van der Waals surface area contributed by atoms with Crippen LogP contribution in [0, 0.1) is 5.82 Å². The number of amides is 1. The molecule has 3 aromatic rings. The summed E-state index contributed by atoms with van der Waals surface area (Å²) in [5.41, 5.74) is 4.99. The summed E-state index contributed by atoms with van der Waals surface area (Å²) >= 11 is 0. The number of rotatable bonds is 3. The third kappa shape index (κ3) is 2.74. The van der Waals surface area contributed by atoms with E-state index in [0.29, 0.717) is 29.3 Å². The number of halogens is 2. The average Bonchev–Trinajstić information content (AvgIpc) is 3.05. The molecule has 0 radical (unpaired) electrons. The number of carbonyl (C=O) groups is 1. The molecule has 1 aliphatic rings. The van der Waals surface area contributed by atoms with Crippen LogP contribution in [0.5, 0.6) is 0 Å². The largest absolute Gasteiger partial charge is 0.366 e. The minimum atomic E-state index is -1.56. The Kier molecular flexibility index (Phi) is 3.96. The predicted molar refractivity (Wildman–Crippen MR) is 94.4 cm³/mol. The molecular formula is C19H18F2N4O. The number of carbonyl (C=O) groups excluding carboxylic acids is 1. The number of hydrogen-bond donors (Lipinski definition) is 2. The molecule has 1 atom stereocenters. The molecule has 3 N–H and O–H groups in total. The number of nitrogens with one attached hydrogen (secondary N) is 1. The minimum absolute atomic E-state index is 0.180. The van der Waals surface area contributed by atoms with E-state index in [2.05, 4.69) is 10.4 Å². The van der Waals surface area contributed by atoms with Gasteiger partial charge in [0, 0.05) is 18.1 Å². The van der Waals surface area contributed by atoms with Crippen molar-refractivity contribution >= 4 is 16.8 Å². The van der Waals surface area contributed by atoms with Gasteiger partial charge in [0.15, 0.2) is 0 Å². The fourth-order valence-electron chi connectivity index (χ4n) is 3.45. The topological polar surface area (TPSA) is 72.9 Å². The van der Waals surface area contributed by atoms with Crippen molar-refractivity contribution in [3.8, 4) is 5.69 Å². The van der Waals surface area contributed by atoms with Gasteiger partial charge in [-0.15, -0.1) is 0 Å². The Morgan fingerprint density at radius 3 is 2.85 bits per heavy atom. The summed E-state index contributed by atoms with van der Waals surface area (Å²) < 4.78 is 31.1. The van der Waals surface area contributed by atoms with Crippen LogP contribution in [0.2, 0.25) is 0 Å². The van der Waals surface area contributed by atoms with E-state index in [1.807, 2.05) is 0 Å². The highest BCUT2D eigenvalue weighted by Crippen LogP contribution is 2.34. The van der Waals surface area contributed by atoms with Crippen molar-refractivity contribution < 1.29 is 13.6 Å². The van der Waals surface area contributed by atoms with Crippen molar-refractivity contribution in [2.24, 2.45) is 5.73 Å². The van der Waals surface area contributed by atoms with Gasteiger partial charge in [0.25, 0.3) is 5.91 Å². The second-order valence-electron chi connectivity index (χ2n) is 6.59. The molecule has 1 saturated heterocycles. The number of nitrogens with two attached hydrogens (primary N) is 1. The number of benzene rings is 2. The second kappa shape index (κ2) is 6.17. The molecule has 0 saturated carbocycles. The normalized spacial score (nSPS) is 20.4. The van der Waals surface area contributed by atoms with E-state index >= 15 is 4.39 Å². The van der Waals surface area contributed by atoms with Crippen LogP contribution in [0.4, 0.5) is 8.78 Å². The van der Waals surface area contributed by atoms with Crippen LogP contribution >= 0.6 is 0 Å². The molecule has 1 fully saturated rings. The third-order valence-corrected chi connectivity index (χ3v) is 4.85. The van der Waals surface area contributed by atoms with Crippen molar-refractivity contribution in [1.29, 1.82) is 0 Å². The van der Waals surface area contributed by atoms with E-state index in [9.17, 15) is 9.18 Å². The van der Waals surface area contributed by atoms with E-state index in [-0.39, 0.29) is 17.8 Å². The van der Waals surface area contributed by atoms with Crippen molar-refractivity contribution in [2.75, 3.05) is 13.1 Å². The molecule has 1 amide bonds. The highest BCUT2D eigenvalue weighted by atomic mass is 19.1. The number of aromatic nitrogens is 2. The Labute approximate surface area is 148 Å². The summed E-state index contributed by atoms with van der Waals surface area (Å²) in [6, 6.07) is 9.36. The number of piperidine rings is 1. The average molecular weight is 356 g/mol. The van der Waals surface area contributed by atoms with Gasteiger partial charge in [-0.1, -0.05) is 18.2 Å². The van der Waals surface area contributed by atoms with Crippen molar-refractivity contribution in [3.05, 3.63) is 59.5 Å². The number of hydrogen-bond acceptors (Lipinski definition) is 3. The first-order valence-electron chi connectivity index (χ1n) is 8.46. The molecule has 1 unspecified atom stereocenters. The maximum Gasteiger partial charge on any atom is 0.250 e. The Hall–Kier alpha value is -2.80. The van der Waals surface area contributed by atoms with Crippen LogP contribution < -0.4 is 11.1 Å². The van der Waals surface area contributed by atoms with Crippen molar-refractivity contribution in [1.82, 2.24) is 15.1 Å². The Morgan fingerprint density at radius 2 is 2.15 bits per heavy atom. The maximum atomic E-state index is 15.0. The Balaban J connectivity index is 1.76. The summed E-state index contributed by atoms with van der Waals surface area (Å²) in [6.07, 6.45) is 2.69. The van der Waals surface area contributed by atoms with E-state index < -0.39 is 17.4 Å². The van der Waals surface area contributed by atoms with Crippen LogP contribution in [-0.4, -0.2) is 28.8 Å². The molecule has 0 aliphatic carbocycles. The van der Waals surface area contributed by atoms with Gasteiger partial charge in [0.1, 0.15) is 22.7 Å². The van der Waals surface area contributed by atoms with Crippen molar-refractivity contribution in [2.45, 2.75) is 18.5 Å². The standard InChI is InChI=1S/C19H18F2N4O/c20-15-9-13(19(21)7-2-8-23-11-19)5-6-16(15)25-10-12-3-1-4-14(18(22)26)17(12)24-25/h1,3-6,9-10,23H,2,7-8,11H2,(H2,22,26). The van der Waals surface area contributed by atoms with Gasteiger partial charge in [0.05, 0.1) is 5.56 Å². The maximum absolute atomic E-state index is 15.0. The van der Waals surface area contributed by atoms with Gasteiger partial charge >= 0.3 is 0 Å². The summed E-state index contributed by atoms with van der Waals surface area (Å²) in [6.45, 7) is 0.952.